The molecule has 1 N–H and O–H groups in total. The minimum Gasteiger partial charge on any atom is -0.262 e. The van der Waals surface area contributed by atoms with Crippen LogP contribution in [0.5, 0.6) is 0 Å². The van der Waals surface area contributed by atoms with Crippen molar-refractivity contribution in [3.8, 4) is 6.07 Å². The summed E-state index contributed by atoms with van der Waals surface area (Å²) in [4.78, 5) is 8.80. The molecule has 3 rings (SSSR count). The van der Waals surface area contributed by atoms with Crippen LogP contribution in [-0.2, 0) is 12.8 Å². The zero-order valence-electron chi connectivity index (χ0n) is 9.90. The number of fused-ring (bicyclic) bond motifs is 1. The van der Waals surface area contributed by atoms with Crippen molar-refractivity contribution < 1.29 is 0 Å². The third kappa shape index (κ3) is 1.97. The molecular weight excluding hydrogens is 246 g/mol. The van der Waals surface area contributed by atoms with Gasteiger partial charge in [-0.3, -0.25) is 5.10 Å². The van der Waals surface area contributed by atoms with Crippen molar-refractivity contribution >= 4 is 11.8 Å². The topological polar surface area (TPSA) is 78.2 Å². The maximum atomic E-state index is 9.18. The highest BCUT2D eigenvalue weighted by atomic mass is 32.2. The summed E-state index contributed by atoms with van der Waals surface area (Å²) in [7, 11) is 0. The maximum Gasteiger partial charge on any atom is 0.214 e. The van der Waals surface area contributed by atoms with Gasteiger partial charge in [-0.15, -0.1) is 5.10 Å². The molecule has 90 valence electrons. The van der Waals surface area contributed by atoms with Crippen LogP contribution in [0.4, 0.5) is 0 Å². The Balaban J connectivity index is 1.98. The fraction of sp³-hybridized carbons (Fsp3) is 0.333. The molecule has 6 heteroatoms. The van der Waals surface area contributed by atoms with Gasteiger partial charge in [-0.05, 0) is 49.6 Å². The number of H-pyrrole nitrogens is 1. The fourth-order valence-electron chi connectivity index (χ4n) is 2.07. The van der Waals surface area contributed by atoms with Crippen molar-refractivity contribution in [3.63, 3.8) is 0 Å². The van der Waals surface area contributed by atoms with Crippen LogP contribution in [0.15, 0.2) is 16.2 Å². The van der Waals surface area contributed by atoms with E-state index in [2.05, 4.69) is 26.2 Å². The predicted molar refractivity (Wildman–Crippen MR) is 66.2 cm³/mol. The second kappa shape index (κ2) is 4.42. The maximum absolute atomic E-state index is 9.18. The lowest BCUT2D eigenvalue weighted by molar-refractivity contribution is 0.889. The summed E-state index contributed by atoms with van der Waals surface area (Å²) in [6, 6.07) is 4.16. The molecule has 0 saturated carbocycles. The van der Waals surface area contributed by atoms with Gasteiger partial charge >= 0.3 is 0 Å². The highest BCUT2D eigenvalue weighted by Crippen LogP contribution is 2.30. The van der Waals surface area contributed by atoms with E-state index in [1.165, 1.54) is 17.3 Å². The minimum absolute atomic E-state index is 0.606. The van der Waals surface area contributed by atoms with Crippen molar-refractivity contribution in [2.24, 2.45) is 0 Å². The van der Waals surface area contributed by atoms with E-state index >= 15 is 0 Å². The van der Waals surface area contributed by atoms with Gasteiger partial charge in [0.25, 0.3) is 0 Å². The molecule has 18 heavy (non-hydrogen) atoms. The first kappa shape index (κ1) is 11.2. The van der Waals surface area contributed by atoms with E-state index in [0.717, 1.165) is 30.8 Å². The van der Waals surface area contributed by atoms with Crippen molar-refractivity contribution in [2.75, 3.05) is 0 Å². The molecule has 2 aromatic rings. The Morgan fingerprint density at radius 2 is 2.28 bits per heavy atom. The molecule has 0 saturated heterocycles. The van der Waals surface area contributed by atoms with Crippen LogP contribution in [0.25, 0.3) is 0 Å². The van der Waals surface area contributed by atoms with Crippen molar-refractivity contribution in [1.29, 1.82) is 5.26 Å². The Bertz CT molecular complexity index is 640. The Morgan fingerprint density at radius 3 is 3.00 bits per heavy atom. The van der Waals surface area contributed by atoms with Crippen LogP contribution in [0.2, 0.25) is 0 Å². The highest BCUT2D eigenvalue weighted by molar-refractivity contribution is 7.99. The van der Waals surface area contributed by atoms with Gasteiger partial charge in [-0.2, -0.15) is 5.26 Å². The number of nitrogens with one attached hydrogen (secondary N) is 1. The summed E-state index contributed by atoms with van der Waals surface area (Å²) in [5.74, 6) is 0.761. The first-order valence-electron chi connectivity index (χ1n) is 5.76. The van der Waals surface area contributed by atoms with Gasteiger partial charge in [0.15, 0.2) is 0 Å². The molecule has 0 atom stereocenters. The van der Waals surface area contributed by atoms with Gasteiger partial charge in [-0.1, -0.05) is 0 Å². The van der Waals surface area contributed by atoms with Gasteiger partial charge in [0, 0.05) is 5.69 Å². The second-order valence-corrected chi connectivity index (χ2v) is 5.17. The van der Waals surface area contributed by atoms with Gasteiger partial charge in [-0.25, -0.2) is 9.97 Å². The molecule has 0 amide bonds. The van der Waals surface area contributed by atoms with E-state index in [1.54, 1.807) is 0 Å². The summed E-state index contributed by atoms with van der Waals surface area (Å²) in [6.45, 7) is 1.85. The fourth-order valence-corrected chi connectivity index (χ4v) is 2.88. The third-order valence-electron chi connectivity index (χ3n) is 2.90. The largest absolute Gasteiger partial charge is 0.262 e. The number of aromatic amines is 1. The van der Waals surface area contributed by atoms with E-state index < -0.39 is 0 Å². The lowest BCUT2D eigenvalue weighted by Crippen LogP contribution is -1.95. The van der Waals surface area contributed by atoms with Gasteiger partial charge in [0.05, 0.1) is 5.56 Å². The van der Waals surface area contributed by atoms with Gasteiger partial charge in [0.2, 0.25) is 5.16 Å². The predicted octanol–water partition coefficient (Wildman–Crippen LogP) is 2.02. The summed E-state index contributed by atoms with van der Waals surface area (Å²) in [6.07, 6.45) is 3.16. The molecule has 2 heterocycles. The van der Waals surface area contributed by atoms with E-state index in [1.807, 2.05) is 13.0 Å². The summed E-state index contributed by atoms with van der Waals surface area (Å²) in [5, 5.41) is 17.3. The smallest absolute Gasteiger partial charge is 0.214 e. The second-order valence-electron chi connectivity index (χ2n) is 4.22. The molecule has 2 aromatic heterocycles. The quantitative estimate of drug-likeness (QED) is 0.890. The lowest BCUT2D eigenvalue weighted by Gasteiger charge is -2.04. The molecule has 0 radical (unpaired) electrons. The number of hydrogen-bond acceptors (Lipinski definition) is 5. The Hall–Kier alpha value is -1.87. The highest BCUT2D eigenvalue weighted by Gasteiger charge is 2.18. The van der Waals surface area contributed by atoms with Crippen molar-refractivity contribution in [2.45, 2.75) is 36.4 Å². The summed E-state index contributed by atoms with van der Waals surface area (Å²) >= 11 is 1.34. The van der Waals surface area contributed by atoms with Gasteiger partial charge < -0.3 is 0 Å². The number of hydrogen-bond donors (Lipinski definition) is 1. The van der Waals surface area contributed by atoms with Crippen LogP contribution >= 0.6 is 11.8 Å². The van der Waals surface area contributed by atoms with Crippen LogP contribution in [-0.4, -0.2) is 20.2 Å². The monoisotopic (exact) mass is 257 g/mol. The number of pyridine rings is 1. The van der Waals surface area contributed by atoms with Crippen LogP contribution in [0.1, 0.15) is 29.1 Å². The van der Waals surface area contributed by atoms with Crippen LogP contribution in [0, 0.1) is 18.3 Å². The average molecular weight is 257 g/mol. The number of aromatic nitrogens is 4. The van der Waals surface area contributed by atoms with Gasteiger partial charge in [0.1, 0.15) is 16.9 Å². The van der Waals surface area contributed by atoms with E-state index in [9.17, 15) is 5.26 Å². The standard InChI is InChI=1S/C12H11N5S/c1-7-14-12(17-16-7)18-11-9(6-13)5-8-3-2-4-10(8)15-11/h5H,2-4H2,1H3,(H,14,16,17). The molecule has 0 bridgehead atoms. The van der Waals surface area contributed by atoms with Crippen molar-refractivity contribution in [3.05, 3.63) is 28.7 Å². The van der Waals surface area contributed by atoms with E-state index in [0.29, 0.717) is 15.7 Å². The molecule has 5 nitrogen and oxygen atoms in total. The average Bonchev–Trinajstić information content (AvgIpc) is 2.97. The minimum atomic E-state index is 0.606. The number of nitriles is 1. The molecule has 0 spiro atoms. The molecule has 0 unspecified atom stereocenters. The van der Waals surface area contributed by atoms with Crippen LogP contribution < -0.4 is 0 Å². The number of nitrogens with zero attached hydrogens (tertiary/aromatic N) is 4. The molecule has 1 aliphatic carbocycles. The first-order chi connectivity index (χ1) is 8.76. The van der Waals surface area contributed by atoms with E-state index in [4.69, 9.17) is 0 Å². The van der Waals surface area contributed by atoms with Crippen LogP contribution in [0.3, 0.4) is 0 Å². The first-order valence-corrected chi connectivity index (χ1v) is 6.57. The molecule has 0 aromatic carbocycles. The van der Waals surface area contributed by atoms with Crippen molar-refractivity contribution in [1.82, 2.24) is 20.2 Å². The molecule has 1 aliphatic rings. The normalized spacial score (nSPS) is 13.3. The molecule has 0 fully saturated rings. The number of rotatable bonds is 2. The molecule has 0 aliphatic heterocycles. The molecular formula is C12H11N5S. The lowest BCUT2D eigenvalue weighted by atomic mass is 10.2. The Morgan fingerprint density at radius 1 is 1.39 bits per heavy atom. The summed E-state index contributed by atoms with van der Waals surface area (Å²) < 4.78 is 0. The zero-order chi connectivity index (χ0) is 12.5. The van der Waals surface area contributed by atoms with E-state index in [-0.39, 0.29) is 0 Å². The SMILES string of the molecule is Cc1nc(Sc2nc3c(cc2C#N)CCC3)n[nH]1. The number of aryl methyl sites for hydroxylation is 3. The summed E-state index contributed by atoms with van der Waals surface area (Å²) in [5.41, 5.74) is 2.94. The third-order valence-corrected chi connectivity index (χ3v) is 3.77. The Kier molecular flexibility index (Phi) is 2.76. The Labute approximate surface area is 109 Å². The zero-order valence-corrected chi connectivity index (χ0v) is 10.7.